The van der Waals surface area contributed by atoms with E-state index in [2.05, 4.69) is 16.3 Å². The second kappa shape index (κ2) is 9.52. The zero-order chi connectivity index (χ0) is 21.8. The van der Waals surface area contributed by atoms with Crippen LogP contribution < -0.4 is 10.2 Å². The summed E-state index contributed by atoms with van der Waals surface area (Å²) in [6, 6.07) is 13.7. The van der Waals surface area contributed by atoms with E-state index in [9.17, 15) is 9.59 Å². The van der Waals surface area contributed by atoms with E-state index >= 15 is 0 Å². The number of likely N-dealkylation sites (tertiary alicyclic amines) is 1. The number of carbonyl (C=O) groups is 2. The molecular formula is C25H31N3O3. The maximum Gasteiger partial charge on any atom is 0.411 e. The molecule has 164 valence electrons. The number of para-hydroxylation sites is 1. The number of aryl methyl sites for hydroxylation is 2. The Morgan fingerprint density at radius 2 is 1.71 bits per heavy atom. The number of nitrogens with one attached hydrogen (secondary N) is 1. The van der Waals surface area contributed by atoms with Gasteiger partial charge in [0.25, 0.3) is 0 Å². The Labute approximate surface area is 184 Å². The fourth-order valence-electron chi connectivity index (χ4n) is 4.57. The first-order valence-electron chi connectivity index (χ1n) is 11.3. The van der Waals surface area contributed by atoms with Crippen molar-refractivity contribution in [2.75, 3.05) is 29.9 Å². The molecule has 0 saturated carbocycles. The number of carbonyl (C=O) groups excluding carboxylic acids is 2. The van der Waals surface area contributed by atoms with E-state index < -0.39 is 6.09 Å². The molecule has 2 aromatic carbocycles. The van der Waals surface area contributed by atoms with Crippen LogP contribution in [-0.4, -0.2) is 42.6 Å². The van der Waals surface area contributed by atoms with Crippen LogP contribution in [0.3, 0.4) is 0 Å². The molecule has 1 atom stereocenters. The van der Waals surface area contributed by atoms with Crippen molar-refractivity contribution in [3.05, 3.63) is 53.6 Å². The molecule has 0 bridgehead atoms. The lowest BCUT2D eigenvalue weighted by atomic mass is 10.0. The molecular weight excluding hydrogens is 390 g/mol. The van der Waals surface area contributed by atoms with Gasteiger partial charge >= 0.3 is 6.09 Å². The standard InChI is InChI=1S/C25H31N3O3/c1-3-31-25(30)26-21-14-13-20-12-11-19-9-5-6-10-22(19)28(23(20)17-21)24(29)18(2)27-15-7-4-8-16-27/h5-6,9-10,13-14,17-18H,3-4,7-8,11-12,15-16H2,1-2H3,(H,26,30). The number of rotatable bonds is 4. The first-order valence-corrected chi connectivity index (χ1v) is 11.3. The molecule has 1 unspecified atom stereocenters. The highest BCUT2D eigenvalue weighted by atomic mass is 16.5. The van der Waals surface area contributed by atoms with Gasteiger partial charge in [-0.3, -0.25) is 19.9 Å². The molecule has 0 aliphatic carbocycles. The largest absolute Gasteiger partial charge is 0.450 e. The van der Waals surface area contributed by atoms with E-state index in [0.717, 1.165) is 61.3 Å². The molecule has 0 radical (unpaired) electrons. The topological polar surface area (TPSA) is 61.9 Å². The Morgan fingerprint density at radius 1 is 1.00 bits per heavy atom. The Balaban J connectivity index is 1.73. The van der Waals surface area contributed by atoms with Crippen LogP contribution in [0.15, 0.2) is 42.5 Å². The predicted molar refractivity (Wildman–Crippen MR) is 123 cm³/mol. The van der Waals surface area contributed by atoms with E-state index in [4.69, 9.17) is 4.74 Å². The summed E-state index contributed by atoms with van der Waals surface area (Å²) in [7, 11) is 0. The number of hydrogen-bond donors (Lipinski definition) is 1. The highest BCUT2D eigenvalue weighted by Gasteiger charge is 2.32. The van der Waals surface area contributed by atoms with Gasteiger partial charge in [-0.2, -0.15) is 0 Å². The first kappa shape index (κ1) is 21.4. The number of hydrogen-bond acceptors (Lipinski definition) is 4. The molecule has 2 heterocycles. The average Bonchev–Trinajstić information content (AvgIpc) is 2.95. The van der Waals surface area contributed by atoms with Gasteiger partial charge in [0.15, 0.2) is 0 Å². The summed E-state index contributed by atoms with van der Waals surface area (Å²) in [5.41, 5.74) is 4.67. The van der Waals surface area contributed by atoms with E-state index in [1.54, 1.807) is 6.92 Å². The van der Waals surface area contributed by atoms with Gasteiger partial charge in [-0.25, -0.2) is 4.79 Å². The second-order valence-corrected chi connectivity index (χ2v) is 8.26. The van der Waals surface area contributed by atoms with E-state index in [1.807, 2.05) is 48.2 Å². The van der Waals surface area contributed by atoms with E-state index in [1.165, 1.54) is 6.42 Å². The van der Waals surface area contributed by atoms with Crippen molar-refractivity contribution in [2.45, 2.75) is 52.0 Å². The molecule has 0 aromatic heterocycles. The summed E-state index contributed by atoms with van der Waals surface area (Å²) in [6.07, 6.45) is 4.73. The highest BCUT2D eigenvalue weighted by Crippen LogP contribution is 2.38. The molecule has 1 saturated heterocycles. The van der Waals surface area contributed by atoms with Gasteiger partial charge in [0, 0.05) is 5.69 Å². The van der Waals surface area contributed by atoms with Crippen LogP contribution in [0.25, 0.3) is 0 Å². The van der Waals surface area contributed by atoms with Crippen LogP contribution in [0.2, 0.25) is 0 Å². The molecule has 1 fully saturated rings. The number of ether oxygens (including phenoxy) is 1. The Kier molecular flexibility index (Phi) is 6.56. The van der Waals surface area contributed by atoms with Crippen molar-refractivity contribution in [2.24, 2.45) is 0 Å². The molecule has 6 heteroatoms. The third-order valence-electron chi connectivity index (χ3n) is 6.26. The number of benzene rings is 2. The first-order chi connectivity index (χ1) is 15.1. The van der Waals surface area contributed by atoms with Crippen molar-refractivity contribution in [1.82, 2.24) is 4.90 Å². The van der Waals surface area contributed by atoms with Crippen molar-refractivity contribution in [3.63, 3.8) is 0 Å². The van der Waals surface area contributed by atoms with Crippen molar-refractivity contribution >= 4 is 29.1 Å². The lowest BCUT2D eigenvalue weighted by Crippen LogP contribution is -2.47. The van der Waals surface area contributed by atoms with Crippen LogP contribution in [0.4, 0.5) is 21.9 Å². The quantitative estimate of drug-likeness (QED) is 0.763. The zero-order valence-electron chi connectivity index (χ0n) is 18.4. The summed E-state index contributed by atoms with van der Waals surface area (Å²) < 4.78 is 5.03. The highest BCUT2D eigenvalue weighted by molar-refractivity contribution is 6.05. The number of anilines is 3. The van der Waals surface area contributed by atoms with Crippen LogP contribution in [0.1, 0.15) is 44.2 Å². The lowest BCUT2D eigenvalue weighted by molar-refractivity contribution is -0.122. The maximum atomic E-state index is 13.9. The van der Waals surface area contributed by atoms with Crippen molar-refractivity contribution < 1.29 is 14.3 Å². The monoisotopic (exact) mass is 421 g/mol. The minimum Gasteiger partial charge on any atom is -0.450 e. The molecule has 2 aliphatic rings. The molecule has 2 aromatic rings. The van der Waals surface area contributed by atoms with Crippen LogP contribution in [0, 0.1) is 0 Å². The molecule has 1 N–H and O–H groups in total. The van der Waals surface area contributed by atoms with Crippen molar-refractivity contribution in [1.29, 1.82) is 0 Å². The summed E-state index contributed by atoms with van der Waals surface area (Å²) in [4.78, 5) is 30.0. The maximum absolute atomic E-state index is 13.9. The van der Waals surface area contributed by atoms with E-state index in [0.29, 0.717) is 12.3 Å². The minimum atomic E-state index is -0.490. The fraction of sp³-hybridized carbons (Fsp3) is 0.440. The van der Waals surface area contributed by atoms with Gasteiger partial charge in [0.2, 0.25) is 5.91 Å². The number of amides is 2. The third kappa shape index (κ3) is 4.59. The molecule has 2 amide bonds. The SMILES string of the molecule is CCOC(=O)Nc1ccc2c(c1)N(C(=O)C(C)N1CCCCC1)c1ccccc1CC2. The Hall–Kier alpha value is -2.86. The molecule has 0 spiro atoms. The lowest BCUT2D eigenvalue weighted by Gasteiger charge is -2.35. The number of nitrogens with zero attached hydrogens (tertiary/aromatic N) is 2. The zero-order valence-corrected chi connectivity index (χ0v) is 18.4. The second-order valence-electron chi connectivity index (χ2n) is 8.26. The van der Waals surface area contributed by atoms with Crippen molar-refractivity contribution in [3.8, 4) is 0 Å². The fourth-order valence-corrected chi connectivity index (χ4v) is 4.57. The minimum absolute atomic E-state index is 0.0748. The molecule has 2 aliphatic heterocycles. The van der Waals surface area contributed by atoms with Gasteiger partial charge in [-0.15, -0.1) is 0 Å². The van der Waals surface area contributed by atoms with Crippen LogP contribution in [0.5, 0.6) is 0 Å². The summed E-state index contributed by atoms with van der Waals surface area (Å²) in [5, 5.41) is 2.78. The Bertz CT molecular complexity index is 953. The number of fused-ring (bicyclic) bond motifs is 2. The summed E-state index contributed by atoms with van der Waals surface area (Å²) in [6.45, 7) is 6.01. The average molecular weight is 422 g/mol. The summed E-state index contributed by atoms with van der Waals surface area (Å²) in [5.74, 6) is 0.0748. The normalized spacial score (nSPS) is 17.2. The van der Waals surface area contributed by atoms with Gasteiger partial charge in [-0.05, 0) is 81.9 Å². The molecule has 6 nitrogen and oxygen atoms in total. The Morgan fingerprint density at radius 3 is 2.45 bits per heavy atom. The van der Waals surface area contributed by atoms with E-state index in [-0.39, 0.29) is 11.9 Å². The van der Waals surface area contributed by atoms with Gasteiger partial charge in [0.05, 0.1) is 24.0 Å². The van der Waals surface area contributed by atoms with Crippen LogP contribution >= 0.6 is 0 Å². The van der Waals surface area contributed by atoms with Gasteiger partial charge in [0.1, 0.15) is 0 Å². The smallest absolute Gasteiger partial charge is 0.411 e. The predicted octanol–water partition coefficient (Wildman–Crippen LogP) is 4.89. The van der Waals surface area contributed by atoms with Crippen LogP contribution in [-0.2, 0) is 22.4 Å². The van der Waals surface area contributed by atoms with Gasteiger partial charge in [-0.1, -0.05) is 30.7 Å². The molecule has 4 rings (SSSR count). The molecule has 31 heavy (non-hydrogen) atoms. The van der Waals surface area contributed by atoms with Gasteiger partial charge < -0.3 is 4.74 Å². The summed E-state index contributed by atoms with van der Waals surface area (Å²) >= 11 is 0. The number of piperidine rings is 1. The third-order valence-corrected chi connectivity index (χ3v) is 6.26.